The molecule has 0 heterocycles. The van der Waals surface area contributed by atoms with Crippen molar-refractivity contribution in [1.29, 1.82) is 0 Å². The van der Waals surface area contributed by atoms with Crippen molar-refractivity contribution in [1.82, 2.24) is 5.32 Å². The molecule has 35 heavy (non-hydrogen) atoms. The predicted octanol–water partition coefficient (Wildman–Crippen LogP) is 4.25. The lowest BCUT2D eigenvalue weighted by Crippen LogP contribution is -2.45. The molecule has 0 aliphatic heterocycles. The molecule has 0 saturated heterocycles. The van der Waals surface area contributed by atoms with Crippen LogP contribution in [0, 0.1) is 11.3 Å². The van der Waals surface area contributed by atoms with Gasteiger partial charge in [-0.05, 0) is 61.4 Å². The van der Waals surface area contributed by atoms with Crippen molar-refractivity contribution in [3.8, 4) is 5.75 Å². The number of carbonyl (C=O) groups is 4. The smallest absolute Gasteiger partial charge is 0.329 e. The summed E-state index contributed by atoms with van der Waals surface area (Å²) in [5.41, 5.74) is 0.737. The van der Waals surface area contributed by atoms with Crippen LogP contribution in [0.1, 0.15) is 62.3 Å². The van der Waals surface area contributed by atoms with Crippen molar-refractivity contribution in [3.63, 3.8) is 0 Å². The van der Waals surface area contributed by atoms with Crippen LogP contribution in [0.15, 0.2) is 48.5 Å². The molecule has 2 aromatic rings. The summed E-state index contributed by atoms with van der Waals surface area (Å²) in [4.78, 5) is 49.8. The molecule has 0 aliphatic carbocycles. The molecule has 0 aromatic heterocycles. The fourth-order valence-corrected chi connectivity index (χ4v) is 2.96. The van der Waals surface area contributed by atoms with Gasteiger partial charge in [-0.2, -0.15) is 0 Å². The van der Waals surface area contributed by atoms with Gasteiger partial charge < -0.3 is 20.1 Å². The number of amides is 2. The van der Waals surface area contributed by atoms with E-state index in [0.29, 0.717) is 29.2 Å². The Kier molecular flexibility index (Phi) is 9.57. The van der Waals surface area contributed by atoms with E-state index in [-0.39, 0.29) is 11.8 Å². The van der Waals surface area contributed by atoms with Crippen LogP contribution in [-0.4, -0.2) is 42.8 Å². The molecule has 2 rings (SSSR count). The van der Waals surface area contributed by atoms with E-state index in [1.54, 1.807) is 83.1 Å². The second-order valence-electron chi connectivity index (χ2n) is 9.46. The fourth-order valence-electron chi connectivity index (χ4n) is 2.96. The molecule has 0 unspecified atom stereocenters. The number of ketones is 1. The molecule has 2 amide bonds. The maximum atomic E-state index is 12.6. The van der Waals surface area contributed by atoms with Gasteiger partial charge >= 0.3 is 5.97 Å². The summed E-state index contributed by atoms with van der Waals surface area (Å²) in [5, 5.41) is 5.46. The zero-order chi connectivity index (χ0) is 26.2. The van der Waals surface area contributed by atoms with Crippen molar-refractivity contribution in [2.24, 2.45) is 11.3 Å². The lowest BCUT2D eigenvalue weighted by atomic mass is 9.95. The van der Waals surface area contributed by atoms with E-state index in [9.17, 15) is 19.2 Å². The van der Waals surface area contributed by atoms with Crippen LogP contribution in [0.25, 0.3) is 0 Å². The summed E-state index contributed by atoms with van der Waals surface area (Å²) < 4.78 is 10.6. The van der Waals surface area contributed by atoms with Crippen LogP contribution in [0.5, 0.6) is 5.75 Å². The second-order valence-corrected chi connectivity index (χ2v) is 9.46. The Morgan fingerprint density at radius 3 is 1.97 bits per heavy atom. The minimum Gasteiger partial charge on any atom is -0.494 e. The number of Topliss-reactive ketones (excluding diaryl/α,β-unsaturated/α-hetero) is 1. The summed E-state index contributed by atoms with van der Waals surface area (Å²) in [5.74, 6) is -1.27. The summed E-state index contributed by atoms with van der Waals surface area (Å²) in [6.07, 6.45) is 0. The van der Waals surface area contributed by atoms with Gasteiger partial charge in [-0.3, -0.25) is 14.4 Å². The van der Waals surface area contributed by atoms with Gasteiger partial charge in [0.15, 0.2) is 12.4 Å². The van der Waals surface area contributed by atoms with E-state index in [4.69, 9.17) is 9.47 Å². The van der Waals surface area contributed by atoms with Gasteiger partial charge in [0.25, 0.3) is 5.91 Å². The van der Waals surface area contributed by atoms with Crippen LogP contribution >= 0.6 is 0 Å². The molecule has 8 heteroatoms. The molecular weight excluding hydrogens is 448 g/mol. The van der Waals surface area contributed by atoms with Crippen molar-refractivity contribution >= 4 is 29.3 Å². The Bertz CT molecular complexity index is 1040. The van der Waals surface area contributed by atoms with Gasteiger partial charge in [0.05, 0.1) is 6.61 Å². The van der Waals surface area contributed by atoms with Crippen LogP contribution < -0.4 is 15.4 Å². The van der Waals surface area contributed by atoms with Crippen molar-refractivity contribution in [2.45, 2.75) is 47.6 Å². The van der Waals surface area contributed by atoms with Crippen LogP contribution in [0.3, 0.4) is 0 Å². The summed E-state index contributed by atoms with van der Waals surface area (Å²) >= 11 is 0. The third-order valence-corrected chi connectivity index (χ3v) is 5.13. The molecule has 0 saturated carbocycles. The maximum absolute atomic E-state index is 12.6. The number of esters is 1. The molecule has 0 fully saturated rings. The van der Waals surface area contributed by atoms with Crippen LogP contribution in [-0.2, 0) is 14.3 Å². The van der Waals surface area contributed by atoms with Gasteiger partial charge in [-0.15, -0.1) is 0 Å². The first-order valence-corrected chi connectivity index (χ1v) is 11.6. The predicted molar refractivity (Wildman–Crippen MR) is 134 cm³/mol. The van der Waals surface area contributed by atoms with Crippen molar-refractivity contribution in [3.05, 3.63) is 59.7 Å². The molecule has 0 aliphatic rings. The molecule has 0 radical (unpaired) electrons. The number of hydrogen-bond donors (Lipinski definition) is 2. The average Bonchev–Trinajstić information content (AvgIpc) is 2.81. The number of benzene rings is 2. The number of nitrogens with one attached hydrogen (secondary N) is 2. The molecule has 2 N–H and O–H groups in total. The largest absolute Gasteiger partial charge is 0.494 e. The zero-order valence-electron chi connectivity index (χ0n) is 21.1. The molecular formula is C27H34N2O6. The highest BCUT2D eigenvalue weighted by Crippen LogP contribution is 2.18. The Morgan fingerprint density at radius 2 is 1.46 bits per heavy atom. The highest BCUT2D eigenvalue weighted by molar-refractivity contribution is 6.00. The highest BCUT2D eigenvalue weighted by atomic mass is 16.5. The summed E-state index contributed by atoms with van der Waals surface area (Å²) in [6.45, 7) is 10.9. The third kappa shape index (κ3) is 8.24. The number of carbonyl (C=O) groups excluding carboxylic acids is 4. The number of ether oxygens (including phenoxy) is 2. The number of rotatable bonds is 10. The minimum atomic E-state index is -0.920. The topological polar surface area (TPSA) is 111 Å². The summed E-state index contributed by atoms with van der Waals surface area (Å²) in [6, 6.07) is 12.0. The average molecular weight is 483 g/mol. The standard InChI is InChI=1S/C27H34N2O6/c1-7-34-21-14-10-19(11-15-21)24(31)29-23(17(2)3)25(32)35-16-22(30)18-8-12-20(13-9-18)28-26(33)27(4,5)6/h8-15,17,23H,7,16H2,1-6H3,(H,28,33)(H,29,31)/t23-/m0/s1. The summed E-state index contributed by atoms with van der Waals surface area (Å²) in [7, 11) is 0. The molecule has 0 bridgehead atoms. The maximum Gasteiger partial charge on any atom is 0.329 e. The van der Waals surface area contributed by atoms with Gasteiger partial charge in [-0.25, -0.2) is 4.79 Å². The first-order chi connectivity index (χ1) is 16.4. The monoisotopic (exact) mass is 482 g/mol. The van der Waals surface area contributed by atoms with E-state index in [1.807, 2.05) is 6.92 Å². The molecule has 2 aromatic carbocycles. The normalized spacial score (nSPS) is 12.0. The SMILES string of the molecule is CCOc1ccc(C(=O)N[C@H](C(=O)OCC(=O)c2ccc(NC(=O)C(C)(C)C)cc2)C(C)C)cc1. The Balaban J connectivity index is 1.95. The van der Waals surface area contributed by atoms with Crippen LogP contribution in [0.2, 0.25) is 0 Å². The molecule has 0 spiro atoms. The number of anilines is 1. The zero-order valence-corrected chi connectivity index (χ0v) is 21.1. The number of hydrogen-bond acceptors (Lipinski definition) is 6. The van der Waals surface area contributed by atoms with E-state index in [0.717, 1.165) is 0 Å². The Morgan fingerprint density at radius 1 is 0.886 bits per heavy atom. The first-order valence-electron chi connectivity index (χ1n) is 11.6. The lowest BCUT2D eigenvalue weighted by Gasteiger charge is -2.21. The molecule has 8 nitrogen and oxygen atoms in total. The van der Waals surface area contributed by atoms with Gasteiger partial charge in [0, 0.05) is 22.2 Å². The molecule has 188 valence electrons. The van der Waals surface area contributed by atoms with Gasteiger partial charge in [0.1, 0.15) is 11.8 Å². The fraction of sp³-hybridized carbons (Fsp3) is 0.407. The van der Waals surface area contributed by atoms with Gasteiger partial charge in [0.2, 0.25) is 5.91 Å². The van der Waals surface area contributed by atoms with Crippen molar-refractivity contribution in [2.75, 3.05) is 18.5 Å². The lowest BCUT2D eigenvalue weighted by molar-refractivity contribution is -0.146. The van der Waals surface area contributed by atoms with E-state index < -0.39 is 35.7 Å². The highest BCUT2D eigenvalue weighted by Gasteiger charge is 2.27. The van der Waals surface area contributed by atoms with E-state index in [2.05, 4.69) is 10.6 Å². The van der Waals surface area contributed by atoms with Crippen LogP contribution in [0.4, 0.5) is 5.69 Å². The van der Waals surface area contributed by atoms with E-state index >= 15 is 0 Å². The van der Waals surface area contributed by atoms with Gasteiger partial charge in [-0.1, -0.05) is 34.6 Å². The third-order valence-electron chi connectivity index (χ3n) is 5.13. The quantitative estimate of drug-likeness (QED) is 0.387. The molecule has 1 atom stereocenters. The van der Waals surface area contributed by atoms with Crippen molar-refractivity contribution < 1.29 is 28.7 Å². The van der Waals surface area contributed by atoms with E-state index in [1.165, 1.54) is 0 Å². The Hall–Kier alpha value is -3.68. The first kappa shape index (κ1) is 27.6. The Labute approximate surface area is 206 Å². The second kappa shape index (κ2) is 12.1. The minimum absolute atomic E-state index is 0.141.